The molecule has 0 aromatic heterocycles. The fraction of sp³-hybridized carbons (Fsp3) is 0.0455. The van der Waals surface area contributed by atoms with Gasteiger partial charge in [-0.05, 0) is 39.7 Å². The van der Waals surface area contributed by atoms with Gasteiger partial charge in [0.05, 0.1) is 5.56 Å². The zero-order valence-electron chi connectivity index (χ0n) is 13.4. The fourth-order valence-electron chi connectivity index (χ4n) is 3.18. The van der Waals surface area contributed by atoms with Gasteiger partial charge in [-0.15, -0.1) is 0 Å². The molecule has 0 aliphatic rings. The van der Waals surface area contributed by atoms with Crippen LogP contribution in [0.4, 0.5) is 5.69 Å². The van der Waals surface area contributed by atoms with Gasteiger partial charge in [0.15, 0.2) is 0 Å². The standard InChI is InChI=1S/C22H17NO/c1-23(18-11-3-2-4-12-18)22(24)21-19-13-7-5-9-16(19)15-17-10-6-8-14-20(17)21/h2-15H,1H3. The second kappa shape index (κ2) is 5.82. The van der Waals surface area contributed by atoms with E-state index < -0.39 is 0 Å². The lowest BCUT2D eigenvalue weighted by molar-refractivity contribution is 0.0996. The van der Waals surface area contributed by atoms with Crippen LogP contribution >= 0.6 is 0 Å². The molecule has 0 radical (unpaired) electrons. The van der Waals surface area contributed by atoms with Gasteiger partial charge in [-0.25, -0.2) is 0 Å². The molecule has 116 valence electrons. The van der Waals surface area contributed by atoms with Gasteiger partial charge in [-0.2, -0.15) is 0 Å². The van der Waals surface area contributed by atoms with Crippen molar-refractivity contribution in [3.05, 3.63) is 90.5 Å². The minimum Gasteiger partial charge on any atom is -0.311 e. The quantitative estimate of drug-likeness (QED) is 0.462. The van der Waals surface area contributed by atoms with Gasteiger partial charge in [0.1, 0.15) is 0 Å². The van der Waals surface area contributed by atoms with E-state index in [1.807, 2.05) is 73.8 Å². The van der Waals surface area contributed by atoms with E-state index in [9.17, 15) is 4.79 Å². The average molecular weight is 311 g/mol. The van der Waals surface area contributed by atoms with Crippen molar-refractivity contribution in [2.45, 2.75) is 0 Å². The molecule has 0 spiro atoms. The maximum absolute atomic E-state index is 13.3. The van der Waals surface area contributed by atoms with Crippen molar-refractivity contribution in [3.8, 4) is 0 Å². The van der Waals surface area contributed by atoms with Crippen LogP contribution in [0.2, 0.25) is 0 Å². The summed E-state index contributed by atoms with van der Waals surface area (Å²) in [5.41, 5.74) is 1.65. The summed E-state index contributed by atoms with van der Waals surface area (Å²) in [5, 5.41) is 4.15. The zero-order valence-corrected chi connectivity index (χ0v) is 13.4. The second-order valence-corrected chi connectivity index (χ2v) is 5.89. The smallest absolute Gasteiger partial charge is 0.259 e. The third-order valence-electron chi connectivity index (χ3n) is 4.43. The highest BCUT2D eigenvalue weighted by Crippen LogP contribution is 2.30. The summed E-state index contributed by atoms with van der Waals surface area (Å²) in [6.07, 6.45) is 0. The summed E-state index contributed by atoms with van der Waals surface area (Å²) >= 11 is 0. The van der Waals surface area contributed by atoms with Crippen molar-refractivity contribution in [3.63, 3.8) is 0 Å². The molecule has 0 atom stereocenters. The van der Waals surface area contributed by atoms with Crippen molar-refractivity contribution in [1.29, 1.82) is 0 Å². The maximum Gasteiger partial charge on any atom is 0.259 e. The molecule has 0 unspecified atom stereocenters. The van der Waals surface area contributed by atoms with Crippen LogP contribution in [0, 0.1) is 0 Å². The molecule has 0 N–H and O–H groups in total. The maximum atomic E-state index is 13.3. The SMILES string of the molecule is CN(C(=O)c1c2ccccc2cc2ccccc12)c1ccccc1. The Bertz CT molecular complexity index is 983. The number of carbonyl (C=O) groups excluding carboxylic acids is 1. The van der Waals surface area contributed by atoms with Gasteiger partial charge >= 0.3 is 0 Å². The van der Waals surface area contributed by atoms with E-state index in [0.29, 0.717) is 0 Å². The molecule has 4 aromatic carbocycles. The molecular formula is C22H17NO. The highest BCUT2D eigenvalue weighted by atomic mass is 16.2. The van der Waals surface area contributed by atoms with E-state index in [2.05, 4.69) is 18.2 Å². The van der Waals surface area contributed by atoms with Crippen LogP contribution in [0.1, 0.15) is 10.4 Å². The Kier molecular flexibility index (Phi) is 3.51. The number of hydrogen-bond acceptors (Lipinski definition) is 1. The summed E-state index contributed by atoms with van der Waals surface area (Å²) in [6.45, 7) is 0. The van der Waals surface area contributed by atoms with Gasteiger partial charge in [0.2, 0.25) is 0 Å². The minimum absolute atomic E-state index is 0.00852. The number of nitrogens with zero attached hydrogens (tertiary/aromatic N) is 1. The Labute approximate surface area is 141 Å². The van der Waals surface area contributed by atoms with E-state index in [4.69, 9.17) is 0 Å². The summed E-state index contributed by atoms with van der Waals surface area (Å²) < 4.78 is 0. The lowest BCUT2D eigenvalue weighted by Crippen LogP contribution is -2.26. The van der Waals surface area contributed by atoms with Crippen LogP contribution in [0.3, 0.4) is 0 Å². The molecule has 24 heavy (non-hydrogen) atoms. The lowest BCUT2D eigenvalue weighted by atomic mass is 9.96. The Balaban J connectivity index is 1.98. The Hall–Kier alpha value is -3.13. The number of para-hydroxylation sites is 1. The zero-order chi connectivity index (χ0) is 16.5. The summed E-state index contributed by atoms with van der Waals surface area (Å²) in [5.74, 6) is 0.00852. The van der Waals surface area contributed by atoms with E-state index in [0.717, 1.165) is 32.8 Å². The van der Waals surface area contributed by atoms with Gasteiger partial charge in [0, 0.05) is 12.7 Å². The van der Waals surface area contributed by atoms with E-state index in [1.165, 1.54) is 0 Å². The van der Waals surface area contributed by atoms with Crippen molar-refractivity contribution < 1.29 is 4.79 Å². The third kappa shape index (κ3) is 2.33. The molecule has 2 heteroatoms. The Morgan fingerprint density at radius 3 is 1.79 bits per heavy atom. The number of amides is 1. The van der Waals surface area contributed by atoms with Gasteiger partial charge in [0.25, 0.3) is 5.91 Å². The molecule has 1 amide bonds. The van der Waals surface area contributed by atoms with Crippen LogP contribution in [0.5, 0.6) is 0 Å². The summed E-state index contributed by atoms with van der Waals surface area (Å²) in [7, 11) is 1.83. The number of fused-ring (bicyclic) bond motifs is 2. The molecular weight excluding hydrogens is 294 g/mol. The summed E-state index contributed by atoms with van der Waals surface area (Å²) in [6, 6.07) is 28.0. The minimum atomic E-state index is 0.00852. The number of carbonyl (C=O) groups is 1. The van der Waals surface area contributed by atoms with Crippen LogP contribution in [0.25, 0.3) is 21.5 Å². The first-order chi connectivity index (χ1) is 11.8. The summed E-state index contributed by atoms with van der Waals surface area (Å²) in [4.78, 5) is 15.0. The highest BCUT2D eigenvalue weighted by Gasteiger charge is 2.19. The first kappa shape index (κ1) is 14.5. The predicted octanol–water partition coefficient (Wildman–Crippen LogP) is 5.27. The molecule has 0 saturated heterocycles. The van der Waals surface area contributed by atoms with Crippen molar-refractivity contribution >= 4 is 33.1 Å². The van der Waals surface area contributed by atoms with Gasteiger partial charge < -0.3 is 4.90 Å². The molecule has 4 rings (SSSR count). The first-order valence-electron chi connectivity index (χ1n) is 7.99. The normalized spacial score (nSPS) is 10.9. The number of benzene rings is 4. The molecule has 0 heterocycles. The average Bonchev–Trinajstić information content (AvgIpc) is 2.65. The van der Waals surface area contributed by atoms with E-state index in [1.54, 1.807) is 4.90 Å². The Morgan fingerprint density at radius 2 is 1.21 bits per heavy atom. The molecule has 0 bridgehead atoms. The van der Waals surface area contributed by atoms with E-state index in [-0.39, 0.29) is 5.91 Å². The van der Waals surface area contributed by atoms with Crippen LogP contribution in [-0.4, -0.2) is 13.0 Å². The number of rotatable bonds is 2. The molecule has 2 nitrogen and oxygen atoms in total. The molecule has 0 saturated carbocycles. The fourth-order valence-corrected chi connectivity index (χ4v) is 3.18. The predicted molar refractivity (Wildman–Crippen MR) is 101 cm³/mol. The largest absolute Gasteiger partial charge is 0.311 e. The van der Waals surface area contributed by atoms with Crippen molar-refractivity contribution in [2.75, 3.05) is 11.9 Å². The molecule has 0 fully saturated rings. The second-order valence-electron chi connectivity index (χ2n) is 5.89. The van der Waals surface area contributed by atoms with Crippen molar-refractivity contribution in [1.82, 2.24) is 0 Å². The molecule has 0 aliphatic heterocycles. The van der Waals surface area contributed by atoms with Crippen molar-refractivity contribution in [2.24, 2.45) is 0 Å². The van der Waals surface area contributed by atoms with Gasteiger partial charge in [-0.1, -0.05) is 66.7 Å². The monoisotopic (exact) mass is 311 g/mol. The third-order valence-corrected chi connectivity index (χ3v) is 4.43. The first-order valence-corrected chi connectivity index (χ1v) is 7.99. The number of anilines is 1. The topological polar surface area (TPSA) is 20.3 Å². The molecule has 0 aliphatic carbocycles. The molecule has 4 aromatic rings. The van der Waals surface area contributed by atoms with Gasteiger partial charge in [-0.3, -0.25) is 4.79 Å². The number of hydrogen-bond donors (Lipinski definition) is 0. The van der Waals surface area contributed by atoms with Crippen LogP contribution in [-0.2, 0) is 0 Å². The van der Waals surface area contributed by atoms with E-state index >= 15 is 0 Å². The van der Waals surface area contributed by atoms with Crippen LogP contribution < -0.4 is 4.90 Å². The lowest BCUT2D eigenvalue weighted by Gasteiger charge is -2.20. The Morgan fingerprint density at radius 1 is 0.708 bits per heavy atom. The highest BCUT2D eigenvalue weighted by molar-refractivity contribution is 6.22. The van der Waals surface area contributed by atoms with Crippen LogP contribution in [0.15, 0.2) is 84.9 Å².